The van der Waals surface area contributed by atoms with Gasteiger partial charge in [-0.2, -0.15) is 0 Å². The molecule has 5 nitrogen and oxygen atoms in total. The van der Waals surface area contributed by atoms with Crippen LogP contribution in [0.1, 0.15) is 28.3 Å². The highest BCUT2D eigenvalue weighted by Gasteiger charge is 2.34. The summed E-state index contributed by atoms with van der Waals surface area (Å²) in [5.74, 6) is 0.279. The molecule has 0 N–H and O–H groups in total. The summed E-state index contributed by atoms with van der Waals surface area (Å²) in [5.41, 5.74) is 3.00. The first-order chi connectivity index (χ1) is 15.0. The molecule has 6 heteroatoms. The van der Waals surface area contributed by atoms with Gasteiger partial charge in [-0.3, -0.25) is 9.59 Å². The third-order valence-corrected chi connectivity index (χ3v) is 5.92. The highest BCUT2D eigenvalue weighted by atomic mass is 35.5. The molecule has 2 amide bonds. The Labute approximate surface area is 186 Å². The molecule has 0 saturated heterocycles. The van der Waals surface area contributed by atoms with E-state index in [9.17, 15) is 9.59 Å². The maximum Gasteiger partial charge on any atom is 0.258 e. The van der Waals surface area contributed by atoms with E-state index in [1.807, 2.05) is 36.4 Å². The summed E-state index contributed by atoms with van der Waals surface area (Å²) in [4.78, 5) is 29.9. The molecule has 0 saturated carbocycles. The second-order valence-electron chi connectivity index (χ2n) is 7.46. The average molecular weight is 435 g/mol. The predicted octanol–water partition coefficient (Wildman–Crippen LogP) is 5.15. The Bertz CT molecular complexity index is 1100. The van der Waals surface area contributed by atoms with Crippen molar-refractivity contribution in [3.05, 3.63) is 88.9 Å². The number of carbonyl (C=O) groups excluding carboxylic acids is 2. The van der Waals surface area contributed by atoms with Crippen molar-refractivity contribution in [1.82, 2.24) is 0 Å². The van der Waals surface area contributed by atoms with Crippen LogP contribution in [0.5, 0.6) is 5.75 Å². The topological polar surface area (TPSA) is 49.9 Å². The van der Waals surface area contributed by atoms with Crippen molar-refractivity contribution in [3.63, 3.8) is 0 Å². The number of hydrogen-bond donors (Lipinski definition) is 0. The van der Waals surface area contributed by atoms with E-state index in [0.717, 1.165) is 16.9 Å². The molecule has 0 bridgehead atoms. The molecule has 1 atom stereocenters. The molecule has 0 fully saturated rings. The summed E-state index contributed by atoms with van der Waals surface area (Å²) < 4.78 is 5.18. The maximum atomic E-state index is 13.3. The Kier molecular flexibility index (Phi) is 5.96. The Hall–Kier alpha value is -3.31. The zero-order valence-electron chi connectivity index (χ0n) is 17.4. The van der Waals surface area contributed by atoms with Gasteiger partial charge in [0.05, 0.1) is 13.0 Å². The number of nitrogens with zero attached hydrogens (tertiary/aromatic N) is 2. The van der Waals surface area contributed by atoms with Gasteiger partial charge in [-0.25, -0.2) is 0 Å². The molecule has 3 aromatic rings. The summed E-state index contributed by atoms with van der Waals surface area (Å²) in [6.45, 7) is 0.465. The van der Waals surface area contributed by atoms with E-state index in [1.54, 1.807) is 60.4 Å². The van der Waals surface area contributed by atoms with E-state index in [4.69, 9.17) is 16.3 Å². The number of anilines is 2. The van der Waals surface area contributed by atoms with Crippen molar-refractivity contribution in [2.75, 3.05) is 30.5 Å². The predicted molar refractivity (Wildman–Crippen MR) is 123 cm³/mol. The van der Waals surface area contributed by atoms with Crippen LogP contribution in [-0.4, -0.2) is 32.5 Å². The minimum absolute atomic E-state index is 0.00804. The van der Waals surface area contributed by atoms with Crippen molar-refractivity contribution in [3.8, 4) is 5.75 Å². The number of hydrogen-bond acceptors (Lipinski definition) is 3. The van der Waals surface area contributed by atoms with Crippen LogP contribution < -0.4 is 14.5 Å². The van der Waals surface area contributed by atoms with E-state index in [1.165, 1.54) is 0 Å². The third-order valence-electron chi connectivity index (χ3n) is 5.67. The fraction of sp³-hybridized carbons (Fsp3) is 0.200. The van der Waals surface area contributed by atoms with Crippen molar-refractivity contribution in [2.24, 2.45) is 0 Å². The monoisotopic (exact) mass is 434 g/mol. The fourth-order valence-electron chi connectivity index (χ4n) is 3.94. The summed E-state index contributed by atoms with van der Waals surface area (Å²) in [6, 6.07) is 21.9. The van der Waals surface area contributed by atoms with Crippen LogP contribution in [0.25, 0.3) is 0 Å². The number of carbonyl (C=O) groups is 2. The number of likely N-dealkylation sites (N-methyl/N-ethyl adjacent to an activating group) is 1. The number of methoxy groups -OCH3 is 1. The molecule has 0 unspecified atom stereocenters. The van der Waals surface area contributed by atoms with Crippen molar-refractivity contribution >= 4 is 34.8 Å². The Balaban J connectivity index is 1.61. The summed E-state index contributed by atoms with van der Waals surface area (Å²) >= 11 is 5.98. The zero-order chi connectivity index (χ0) is 22.0. The summed E-state index contributed by atoms with van der Waals surface area (Å²) in [6.07, 6.45) is 0.551. The highest BCUT2D eigenvalue weighted by molar-refractivity contribution is 6.30. The lowest BCUT2D eigenvalue weighted by atomic mass is 9.88. The molecular formula is C25H23ClN2O3. The number of halogens is 1. The van der Waals surface area contributed by atoms with Gasteiger partial charge >= 0.3 is 0 Å². The molecule has 0 radical (unpaired) electrons. The first-order valence-electron chi connectivity index (χ1n) is 10.1. The largest absolute Gasteiger partial charge is 0.497 e. The standard InChI is InChI=1S/C25H23ClN2O3/c1-27(19-11-9-18(26)10-12-19)25(30)22-15-16-28(23-6-4-3-5-21(22)23)24(29)17-7-13-20(31-2)14-8-17/h3-14,22H,15-16H2,1-2H3/t22-/m0/s1. The molecule has 3 aromatic carbocycles. The van der Waals surface area contributed by atoms with Crippen LogP contribution in [0.15, 0.2) is 72.8 Å². The zero-order valence-corrected chi connectivity index (χ0v) is 18.2. The fourth-order valence-corrected chi connectivity index (χ4v) is 4.07. The molecule has 1 aliphatic heterocycles. The Morgan fingerprint density at radius 2 is 1.68 bits per heavy atom. The number of amides is 2. The molecule has 0 spiro atoms. The molecule has 1 aliphatic rings. The Morgan fingerprint density at radius 1 is 1.00 bits per heavy atom. The van der Waals surface area contributed by atoms with Crippen molar-refractivity contribution in [1.29, 1.82) is 0 Å². The van der Waals surface area contributed by atoms with Crippen LogP contribution in [0, 0.1) is 0 Å². The number of benzene rings is 3. The van der Waals surface area contributed by atoms with Crippen molar-refractivity contribution < 1.29 is 14.3 Å². The third kappa shape index (κ3) is 4.14. The number of ether oxygens (including phenoxy) is 1. The van der Waals surface area contributed by atoms with Gasteiger partial charge in [0, 0.05) is 35.6 Å². The molecule has 31 heavy (non-hydrogen) atoms. The average Bonchev–Trinajstić information content (AvgIpc) is 2.82. The van der Waals surface area contributed by atoms with E-state index in [-0.39, 0.29) is 17.7 Å². The Morgan fingerprint density at radius 3 is 2.35 bits per heavy atom. The lowest BCUT2D eigenvalue weighted by Crippen LogP contribution is -2.41. The van der Waals surface area contributed by atoms with Gasteiger partial charge < -0.3 is 14.5 Å². The molecule has 158 valence electrons. The van der Waals surface area contributed by atoms with Crippen molar-refractivity contribution in [2.45, 2.75) is 12.3 Å². The first kappa shape index (κ1) is 20.9. The van der Waals surface area contributed by atoms with E-state index < -0.39 is 0 Å². The van der Waals surface area contributed by atoms with Crippen LogP contribution in [0.4, 0.5) is 11.4 Å². The molecular weight excluding hydrogens is 412 g/mol. The van der Waals surface area contributed by atoms with E-state index in [2.05, 4.69) is 0 Å². The van der Waals surface area contributed by atoms with Gasteiger partial charge in [0.25, 0.3) is 5.91 Å². The second kappa shape index (κ2) is 8.82. The van der Waals surface area contributed by atoms with Crippen LogP contribution in [0.3, 0.4) is 0 Å². The van der Waals surface area contributed by atoms with E-state index >= 15 is 0 Å². The first-order valence-corrected chi connectivity index (χ1v) is 10.5. The molecule has 0 aromatic heterocycles. The minimum atomic E-state index is -0.322. The molecule has 4 rings (SSSR count). The van der Waals surface area contributed by atoms with Gasteiger partial charge in [-0.15, -0.1) is 0 Å². The molecule has 1 heterocycles. The minimum Gasteiger partial charge on any atom is -0.497 e. The smallest absolute Gasteiger partial charge is 0.258 e. The van der Waals surface area contributed by atoms with Gasteiger partial charge in [-0.1, -0.05) is 29.8 Å². The number of rotatable bonds is 4. The maximum absolute atomic E-state index is 13.3. The van der Waals surface area contributed by atoms with Crippen LogP contribution >= 0.6 is 11.6 Å². The molecule has 0 aliphatic carbocycles. The van der Waals surface area contributed by atoms with Gasteiger partial charge in [-0.05, 0) is 66.6 Å². The van der Waals surface area contributed by atoms with Gasteiger partial charge in [0.15, 0.2) is 0 Å². The van der Waals surface area contributed by atoms with Crippen LogP contribution in [-0.2, 0) is 4.79 Å². The lowest BCUT2D eigenvalue weighted by molar-refractivity contribution is -0.119. The quantitative estimate of drug-likeness (QED) is 0.570. The normalized spacial score (nSPS) is 15.2. The number of para-hydroxylation sites is 1. The number of fused-ring (bicyclic) bond motifs is 1. The summed E-state index contributed by atoms with van der Waals surface area (Å²) in [7, 11) is 3.36. The SMILES string of the molecule is COc1ccc(C(=O)N2CC[C@H](C(=O)N(C)c3ccc(Cl)cc3)c3ccccc32)cc1. The second-order valence-corrected chi connectivity index (χ2v) is 7.90. The highest BCUT2D eigenvalue weighted by Crippen LogP contribution is 2.37. The van der Waals surface area contributed by atoms with Gasteiger partial charge in [0.2, 0.25) is 5.91 Å². The van der Waals surface area contributed by atoms with Crippen LogP contribution in [0.2, 0.25) is 5.02 Å². The van der Waals surface area contributed by atoms with Gasteiger partial charge in [0.1, 0.15) is 5.75 Å². The van der Waals surface area contributed by atoms with E-state index in [0.29, 0.717) is 29.3 Å². The lowest BCUT2D eigenvalue weighted by Gasteiger charge is -2.35. The summed E-state index contributed by atoms with van der Waals surface area (Å²) in [5, 5.41) is 0.625.